The van der Waals surface area contributed by atoms with Crippen LogP contribution in [0.15, 0.2) is 24.3 Å². The second-order valence-electron chi connectivity index (χ2n) is 4.85. The molecule has 2 aromatic heterocycles. The Morgan fingerprint density at radius 1 is 1.14 bits per heavy atom. The van der Waals surface area contributed by atoms with Crippen molar-refractivity contribution in [2.24, 2.45) is 7.05 Å². The van der Waals surface area contributed by atoms with Gasteiger partial charge in [-0.2, -0.15) is 5.10 Å². The fourth-order valence-corrected chi connectivity index (χ4v) is 2.41. The van der Waals surface area contributed by atoms with Crippen LogP contribution >= 0.6 is 0 Å². The molecule has 3 aromatic rings. The summed E-state index contributed by atoms with van der Waals surface area (Å²) in [6.45, 7) is 3.82. The normalized spacial score (nSPS) is 10.9. The van der Waals surface area contributed by atoms with E-state index in [1.54, 1.807) is 11.8 Å². The predicted octanol–water partition coefficient (Wildman–Crippen LogP) is 2.73. The number of anilines is 2. The summed E-state index contributed by atoms with van der Waals surface area (Å²) in [7, 11) is 3.54. The average molecular weight is 283 g/mol. The Kier molecular flexibility index (Phi) is 3.21. The van der Waals surface area contributed by atoms with Gasteiger partial charge in [-0.25, -0.2) is 9.97 Å². The van der Waals surface area contributed by atoms with Crippen LogP contribution < -0.4 is 10.1 Å². The molecule has 0 radical (unpaired) electrons. The lowest BCUT2D eigenvalue weighted by molar-refractivity contribution is 0.417. The first kappa shape index (κ1) is 13.4. The van der Waals surface area contributed by atoms with Crippen LogP contribution in [0, 0.1) is 13.8 Å². The molecule has 0 aliphatic carbocycles. The first-order valence-corrected chi connectivity index (χ1v) is 6.68. The van der Waals surface area contributed by atoms with Gasteiger partial charge in [0.1, 0.15) is 22.6 Å². The largest absolute Gasteiger partial charge is 0.495 e. The Balaban J connectivity index is 2.16. The number of ether oxygens (including phenoxy) is 1. The van der Waals surface area contributed by atoms with Gasteiger partial charge in [0.25, 0.3) is 0 Å². The van der Waals surface area contributed by atoms with E-state index in [0.29, 0.717) is 5.82 Å². The molecule has 0 bridgehead atoms. The molecular formula is C15H17N5O. The molecule has 3 rings (SSSR count). The molecule has 0 aliphatic rings. The Hall–Kier alpha value is -2.63. The van der Waals surface area contributed by atoms with Gasteiger partial charge in [0.05, 0.1) is 18.5 Å². The summed E-state index contributed by atoms with van der Waals surface area (Å²) in [5.74, 6) is 2.20. The van der Waals surface area contributed by atoms with Crippen LogP contribution in [0.3, 0.4) is 0 Å². The Bertz CT molecular complexity index is 809. The van der Waals surface area contributed by atoms with E-state index in [2.05, 4.69) is 20.4 Å². The predicted molar refractivity (Wildman–Crippen MR) is 82.1 cm³/mol. The van der Waals surface area contributed by atoms with Gasteiger partial charge in [-0.05, 0) is 26.0 Å². The average Bonchev–Trinajstić information content (AvgIpc) is 2.74. The van der Waals surface area contributed by atoms with Gasteiger partial charge in [-0.1, -0.05) is 12.1 Å². The van der Waals surface area contributed by atoms with Crippen molar-refractivity contribution in [2.75, 3.05) is 12.4 Å². The molecular weight excluding hydrogens is 266 g/mol. The maximum absolute atomic E-state index is 5.37. The highest BCUT2D eigenvalue weighted by molar-refractivity contribution is 5.89. The maximum atomic E-state index is 5.37. The Morgan fingerprint density at radius 2 is 1.90 bits per heavy atom. The summed E-state index contributed by atoms with van der Waals surface area (Å²) >= 11 is 0. The highest BCUT2D eigenvalue weighted by Crippen LogP contribution is 2.30. The number of nitrogens with zero attached hydrogens (tertiary/aromatic N) is 4. The van der Waals surface area contributed by atoms with Crippen molar-refractivity contribution in [1.82, 2.24) is 19.7 Å². The van der Waals surface area contributed by atoms with E-state index in [0.717, 1.165) is 34.0 Å². The highest BCUT2D eigenvalue weighted by Gasteiger charge is 2.14. The maximum Gasteiger partial charge on any atom is 0.160 e. The molecule has 0 spiro atoms. The zero-order chi connectivity index (χ0) is 15.0. The molecule has 0 saturated heterocycles. The number of rotatable bonds is 3. The number of aromatic nitrogens is 4. The van der Waals surface area contributed by atoms with E-state index < -0.39 is 0 Å². The van der Waals surface area contributed by atoms with E-state index in [4.69, 9.17) is 4.74 Å². The molecule has 108 valence electrons. The topological polar surface area (TPSA) is 64.9 Å². The lowest BCUT2D eigenvalue weighted by Crippen LogP contribution is -2.02. The SMILES string of the molecule is COc1ccccc1Nc1nc(C)nc2c(C)nn(C)c12. The highest BCUT2D eigenvalue weighted by atomic mass is 16.5. The zero-order valence-electron chi connectivity index (χ0n) is 12.5. The molecule has 0 saturated carbocycles. The first-order chi connectivity index (χ1) is 10.1. The van der Waals surface area contributed by atoms with Gasteiger partial charge in [-0.3, -0.25) is 4.68 Å². The standard InChI is InChI=1S/C15H17N5O/c1-9-13-14(20(3)19-9)15(17-10(2)16-13)18-11-7-5-6-8-12(11)21-4/h5-8H,1-4H3,(H,16,17,18). The third-order valence-corrected chi connectivity index (χ3v) is 3.32. The van der Waals surface area contributed by atoms with Crippen molar-refractivity contribution in [3.63, 3.8) is 0 Å². The monoisotopic (exact) mass is 283 g/mol. The first-order valence-electron chi connectivity index (χ1n) is 6.68. The molecule has 2 heterocycles. The number of hydrogen-bond acceptors (Lipinski definition) is 5. The summed E-state index contributed by atoms with van der Waals surface area (Å²) < 4.78 is 7.16. The Labute approximate surface area is 122 Å². The van der Waals surface area contributed by atoms with Crippen LogP contribution in [0.1, 0.15) is 11.5 Å². The fraction of sp³-hybridized carbons (Fsp3) is 0.267. The summed E-state index contributed by atoms with van der Waals surface area (Å²) in [6.07, 6.45) is 0. The van der Waals surface area contributed by atoms with Crippen LogP contribution in [0.5, 0.6) is 5.75 Å². The minimum Gasteiger partial charge on any atom is -0.495 e. The molecule has 0 fully saturated rings. The number of fused-ring (bicyclic) bond motifs is 1. The van der Waals surface area contributed by atoms with Crippen LogP contribution in [0.2, 0.25) is 0 Å². The van der Waals surface area contributed by atoms with Crippen molar-refractivity contribution >= 4 is 22.5 Å². The van der Waals surface area contributed by atoms with Crippen molar-refractivity contribution in [3.05, 3.63) is 35.8 Å². The lowest BCUT2D eigenvalue weighted by Gasteiger charge is -2.11. The van der Waals surface area contributed by atoms with Gasteiger partial charge in [0.15, 0.2) is 5.82 Å². The summed E-state index contributed by atoms with van der Waals surface area (Å²) in [5, 5.41) is 7.74. The van der Waals surface area contributed by atoms with E-state index in [1.165, 1.54) is 0 Å². The summed E-state index contributed by atoms with van der Waals surface area (Å²) in [4.78, 5) is 8.98. The quantitative estimate of drug-likeness (QED) is 0.800. The van der Waals surface area contributed by atoms with Crippen LogP contribution in [0.4, 0.5) is 11.5 Å². The number of para-hydroxylation sites is 2. The molecule has 0 amide bonds. The number of hydrogen-bond donors (Lipinski definition) is 1. The van der Waals surface area contributed by atoms with Crippen LogP contribution in [-0.4, -0.2) is 26.9 Å². The Morgan fingerprint density at radius 3 is 2.67 bits per heavy atom. The van der Waals surface area contributed by atoms with Gasteiger partial charge in [-0.15, -0.1) is 0 Å². The van der Waals surface area contributed by atoms with E-state index >= 15 is 0 Å². The number of methoxy groups -OCH3 is 1. The minimum atomic E-state index is 0.705. The van der Waals surface area contributed by atoms with E-state index in [9.17, 15) is 0 Å². The fourth-order valence-electron chi connectivity index (χ4n) is 2.41. The third-order valence-electron chi connectivity index (χ3n) is 3.32. The van der Waals surface area contributed by atoms with Crippen molar-refractivity contribution in [1.29, 1.82) is 0 Å². The molecule has 0 atom stereocenters. The molecule has 6 nitrogen and oxygen atoms in total. The van der Waals surface area contributed by atoms with E-state index in [-0.39, 0.29) is 0 Å². The zero-order valence-corrected chi connectivity index (χ0v) is 12.5. The van der Waals surface area contributed by atoms with Crippen LogP contribution in [-0.2, 0) is 7.05 Å². The molecule has 1 aromatic carbocycles. The lowest BCUT2D eigenvalue weighted by atomic mass is 10.2. The molecule has 0 aliphatic heterocycles. The minimum absolute atomic E-state index is 0.705. The summed E-state index contributed by atoms with van der Waals surface area (Å²) in [6, 6.07) is 7.73. The second kappa shape index (κ2) is 5.05. The van der Waals surface area contributed by atoms with Crippen LogP contribution in [0.25, 0.3) is 11.0 Å². The molecule has 21 heavy (non-hydrogen) atoms. The van der Waals surface area contributed by atoms with E-state index in [1.807, 2.05) is 45.2 Å². The van der Waals surface area contributed by atoms with Gasteiger partial charge in [0.2, 0.25) is 0 Å². The number of benzene rings is 1. The van der Waals surface area contributed by atoms with Crippen molar-refractivity contribution < 1.29 is 4.74 Å². The van der Waals surface area contributed by atoms with Gasteiger partial charge < -0.3 is 10.1 Å². The number of aryl methyl sites for hydroxylation is 3. The second-order valence-corrected chi connectivity index (χ2v) is 4.85. The van der Waals surface area contributed by atoms with Crippen molar-refractivity contribution in [3.8, 4) is 5.75 Å². The smallest absolute Gasteiger partial charge is 0.160 e. The summed E-state index contributed by atoms with van der Waals surface area (Å²) in [5.41, 5.74) is 3.49. The van der Waals surface area contributed by atoms with Gasteiger partial charge >= 0.3 is 0 Å². The molecule has 6 heteroatoms. The molecule has 1 N–H and O–H groups in total. The van der Waals surface area contributed by atoms with Crippen molar-refractivity contribution in [2.45, 2.75) is 13.8 Å². The number of nitrogens with one attached hydrogen (secondary N) is 1. The third kappa shape index (κ3) is 2.29. The van der Waals surface area contributed by atoms with Gasteiger partial charge in [0, 0.05) is 7.05 Å². The molecule has 0 unspecified atom stereocenters.